The fraction of sp³-hybridized carbons (Fsp3) is 0.609. The number of pyridine rings is 1. The van der Waals surface area contributed by atoms with Crippen molar-refractivity contribution in [2.45, 2.75) is 71.8 Å². The molecule has 0 spiro atoms. The van der Waals surface area contributed by atoms with Gasteiger partial charge in [0.2, 0.25) is 0 Å². The summed E-state index contributed by atoms with van der Waals surface area (Å²) in [6.45, 7) is 14.5. The summed E-state index contributed by atoms with van der Waals surface area (Å²) in [6.07, 6.45) is 3.20. The fourth-order valence-electron chi connectivity index (χ4n) is 4.29. The summed E-state index contributed by atoms with van der Waals surface area (Å²) in [6, 6.07) is 4.25. The molecule has 2 aromatic rings. The summed E-state index contributed by atoms with van der Waals surface area (Å²) in [7, 11) is 0. The number of morpholine rings is 1. The van der Waals surface area contributed by atoms with E-state index in [2.05, 4.69) is 61.5 Å². The van der Waals surface area contributed by atoms with Crippen LogP contribution in [0.2, 0.25) is 0 Å². The predicted octanol–water partition coefficient (Wildman–Crippen LogP) is 2.63. The Balaban J connectivity index is 1.43. The first-order valence-corrected chi connectivity index (χ1v) is 10.9. The first-order chi connectivity index (χ1) is 14.2. The topological polar surface area (TPSA) is 74.4 Å². The highest BCUT2D eigenvalue weighted by Crippen LogP contribution is 2.22. The summed E-state index contributed by atoms with van der Waals surface area (Å²) in [4.78, 5) is 29.7. The second-order valence-electron chi connectivity index (χ2n) is 9.74. The highest BCUT2D eigenvalue weighted by atomic mass is 16.5. The lowest BCUT2D eigenvalue weighted by Gasteiger charge is -2.36. The molecule has 2 aliphatic heterocycles. The van der Waals surface area contributed by atoms with Crippen LogP contribution in [0.3, 0.4) is 0 Å². The van der Waals surface area contributed by atoms with Gasteiger partial charge in [-0.1, -0.05) is 26.8 Å². The van der Waals surface area contributed by atoms with Gasteiger partial charge in [0.25, 0.3) is 5.56 Å². The molecule has 1 N–H and O–H groups in total. The Morgan fingerprint density at radius 2 is 1.93 bits per heavy atom. The number of fused-ring (bicyclic) bond motifs is 1. The maximum Gasteiger partial charge on any atom is 0.255 e. The van der Waals surface area contributed by atoms with Gasteiger partial charge >= 0.3 is 0 Å². The molecule has 0 aliphatic carbocycles. The first kappa shape index (κ1) is 21.0. The monoisotopic (exact) mass is 411 g/mol. The lowest BCUT2D eigenvalue weighted by Crippen LogP contribution is -2.45. The SMILES string of the molecule is CC1CN(c2ccc(CN3CCc4nc(C(C)(C)C)[nH]c(=O)c4C3)cn2)CC(C)O1. The zero-order valence-electron chi connectivity index (χ0n) is 18.7. The molecule has 2 atom stereocenters. The van der Waals surface area contributed by atoms with Crippen LogP contribution in [0.15, 0.2) is 23.1 Å². The minimum atomic E-state index is -0.158. The van der Waals surface area contributed by atoms with Crippen molar-refractivity contribution in [3.8, 4) is 0 Å². The van der Waals surface area contributed by atoms with Crippen LogP contribution in [-0.4, -0.2) is 51.7 Å². The molecule has 4 rings (SSSR count). The molecule has 0 aromatic carbocycles. The molecule has 2 aromatic heterocycles. The van der Waals surface area contributed by atoms with Crippen LogP contribution in [-0.2, 0) is 29.7 Å². The van der Waals surface area contributed by atoms with E-state index in [1.807, 2.05) is 6.20 Å². The number of aromatic nitrogens is 3. The molecular formula is C23H33N5O2. The molecule has 0 radical (unpaired) electrons. The third-order valence-corrected chi connectivity index (χ3v) is 5.82. The third kappa shape index (κ3) is 4.57. The summed E-state index contributed by atoms with van der Waals surface area (Å²) >= 11 is 0. The van der Waals surface area contributed by atoms with Crippen LogP contribution in [0.1, 0.15) is 57.3 Å². The number of hydrogen-bond donors (Lipinski definition) is 1. The van der Waals surface area contributed by atoms with Gasteiger partial charge < -0.3 is 14.6 Å². The van der Waals surface area contributed by atoms with Crippen LogP contribution in [0.5, 0.6) is 0 Å². The average Bonchev–Trinajstić information content (AvgIpc) is 2.67. The number of H-pyrrole nitrogens is 1. The van der Waals surface area contributed by atoms with Crippen molar-refractivity contribution in [1.29, 1.82) is 0 Å². The molecule has 1 saturated heterocycles. The number of aromatic amines is 1. The Kier molecular flexibility index (Phi) is 5.68. The molecule has 2 unspecified atom stereocenters. The van der Waals surface area contributed by atoms with Crippen LogP contribution >= 0.6 is 0 Å². The summed E-state index contributed by atoms with van der Waals surface area (Å²) in [5, 5.41) is 0. The molecule has 4 heterocycles. The van der Waals surface area contributed by atoms with Crippen LogP contribution < -0.4 is 10.5 Å². The van der Waals surface area contributed by atoms with Gasteiger partial charge in [0.1, 0.15) is 11.6 Å². The van der Waals surface area contributed by atoms with Gasteiger partial charge in [-0.05, 0) is 25.5 Å². The highest BCUT2D eigenvalue weighted by molar-refractivity contribution is 5.40. The third-order valence-electron chi connectivity index (χ3n) is 5.82. The van der Waals surface area contributed by atoms with E-state index in [-0.39, 0.29) is 23.2 Å². The molecule has 1 fully saturated rings. The molecule has 162 valence electrons. The van der Waals surface area contributed by atoms with E-state index in [0.29, 0.717) is 6.54 Å². The van der Waals surface area contributed by atoms with Crippen LogP contribution in [0, 0.1) is 0 Å². The molecule has 0 saturated carbocycles. The summed E-state index contributed by atoms with van der Waals surface area (Å²) in [5.74, 6) is 1.77. The number of rotatable bonds is 3. The van der Waals surface area contributed by atoms with Gasteiger partial charge in [0.05, 0.1) is 23.5 Å². The molecule has 30 heavy (non-hydrogen) atoms. The Labute approximate surface area is 178 Å². The zero-order chi connectivity index (χ0) is 21.5. The lowest BCUT2D eigenvalue weighted by atomic mass is 9.95. The molecular weight excluding hydrogens is 378 g/mol. The zero-order valence-corrected chi connectivity index (χ0v) is 18.7. The number of nitrogens with zero attached hydrogens (tertiary/aromatic N) is 4. The Morgan fingerprint density at radius 3 is 2.57 bits per heavy atom. The van der Waals surface area contributed by atoms with E-state index in [9.17, 15) is 4.79 Å². The molecule has 7 heteroatoms. The molecule has 0 amide bonds. The predicted molar refractivity (Wildman–Crippen MR) is 118 cm³/mol. The maximum atomic E-state index is 12.7. The number of nitrogens with one attached hydrogen (secondary N) is 1. The quantitative estimate of drug-likeness (QED) is 0.837. The van der Waals surface area contributed by atoms with Crippen molar-refractivity contribution in [2.75, 3.05) is 24.5 Å². The largest absolute Gasteiger partial charge is 0.372 e. The summed E-state index contributed by atoms with van der Waals surface area (Å²) < 4.78 is 5.82. The van der Waals surface area contributed by atoms with E-state index >= 15 is 0 Å². The normalized spacial score (nSPS) is 22.8. The Hall–Kier alpha value is -2.25. The molecule has 7 nitrogen and oxygen atoms in total. The average molecular weight is 412 g/mol. The van der Waals surface area contributed by atoms with Crippen molar-refractivity contribution < 1.29 is 4.74 Å². The minimum absolute atomic E-state index is 0.00125. The van der Waals surface area contributed by atoms with Crippen molar-refractivity contribution in [1.82, 2.24) is 19.9 Å². The first-order valence-electron chi connectivity index (χ1n) is 10.9. The van der Waals surface area contributed by atoms with Gasteiger partial charge in [-0.2, -0.15) is 0 Å². The number of ether oxygens (including phenoxy) is 1. The van der Waals surface area contributed by atoms with Crippen molar-refractivity contribution >= 4 is 5.82 Å². The standard InChI is InChI=1S/C23H33N5O2/c1-15-11-28(12-16(2)30-15)20-7-6-17(10-24-20)13-27-9-8-19-18(14-27)21(29)26-22(25-19)23(3,4)5/h6-7,10,15-16H,8-9,11-14H2,1-5H3,(H,25,26,29). The highest BCUT2D eigenvalue weighted by Gasteiger charge is 2.25. The van der Waals surface area contributed by atoms with Crippen molar-refractivity contribution in [3.63, 3.8) is 0 Å². The Morgan fingerprint density at radius 1 is 1.20 bits per heavy atom. The van der Waals surface area contributed by atoms with Gasteiger partial charge in [0, 0.05) is 50.8 Å². The van der Waals surface area contributed by atoms with Gasteiger partial charge in [-0.25, -0.2) is 9.97 Å². The lowest BCUT2D eigenvalue weighted by molar-refractivity contribution is -0.00546. The molecule has 0 bridgehead atoms. The smallest absolute Gasteiger partial charge is 0.255 e. The number of hydrogen-bond acceptors (Lipinski definition) is 6. The second-order valence-corrected chi connectivity index (χ2v) is 9.74. The van der Waals surface area contributed by atoms with Crippen molar-refractivity contribution in [3.05, 3.63) is 51.3 Å². The van der Waals surface area contributed by atoms with Crippen molar-refractivity contribution in [2.24, 2.45) is 0 Å². The van der Waals surface area contributed by atoms with Crippen LogP contribution in [0.4, 0.5) is 5.82 Å². The van der Waals surface area contributed by atoms with E-state index in [1.54, 1.807) is 0 Å². The molecule has 2 aliphatic rings. The fourth-order valence-corrected chi connectivity index (χ4v) is 4.29. The van der Waals surface area contributed by atoms with E-state index in [0.717, 1.165) is 61.1 Å². The van der Waals surface area contributed by atoms with E-state index in [4.69, 9.17) is 14.7 Å². The minimum Gasteiger partial charge on any atom is -0.372 e. The summed E-state index contributed by atoms with van der Waals surface area (Å²) in [5.41, 5.74) is 2.75. The van der Waals surface area contributed by atoms with Gasteiger partial charge in [-0.3, -0.25) is 9.69 Å². The Bertz CT molecular complexity index is 938. The van der Waals surface area contributed by atoms with E-state index in [1.165, 1.54) is 0 Å². The van der Waals surface area contributed by atoms with Gasteiger partial charge in [-0.15, -0.1) is 0 Å². The van der Waals surface area contributed by atoms with Crippen LogP contribution in [0.25, 0.3) is 0 Å². The maximum absolute atomic E-state index is 12.7. The number of anilines is 1. The van der Waals surface area contributed by atoms with E-state index < -0.39 is 0 Å². The van der Waals surface area contributed by atoms with Gasteiger partial charge in [0.15, 0.2) is 0 Å². The second kappa shape index (κ2) is 8.12.